The van der Waals surface area contributed by atoms with Gasteiger partial charge in [0.05, 0.1) is 12.0 Å². The smallest absolute Gasteiger partial charge is 0.123 e. The lowest BCUT2D eigenvalue weighted by Gasteiger charge is -2.07. The largest absolute Gasteiger partial charge is 0.207 e. The molecular formula is C10H8BrClFN. The molecule has 0 N–H and O–H groups in total. The van der Waals surface area contributed by atoms with Gasteiger partial charge in [-0.25, -0.2) is 4.39 Å². The molecule has 0 bridgehead atoms. The minimum atomic E-state index is -0.297. The maximum Gasteiger partial charge on any atom is 0.123 e. The second kappa shape index (κ2) is 5.33. The van der Waals surface area contributed by atoms with E-state index in [9.17, 15) is 4.39 Å². The Labute approximate surface area is 95.6 Å². The van der Waals surface area contributed by atoms with Crippen LogP contribution in [0.5, 0.6) is 0 Å². The van der Waals surface area contributed by atoms with E-state index in [1.54, 1.807) is 6.07 Å². The number of nitriles is 1. The first kappa shape index (κ1) is 11.5. The van der Waals surface area contributed by atoms with E-state index in [0.717, 1.165) is 10.0 Å². The minimum absolute atomic E-state index is 0.263. The van der Waals surface area contributed by atoms with Gasteiger partial charge in [0.1, 0.15) is 5.82 Å². The van der Waals surface area contributed by atoms with Crippen molar-refractivity contribution in [3.05, 3.63) is 34.1 Å². The number of rotatable bonds is 3. The van der Waals surface area contributed by atoms with Crippen LogP contribution in [-0.4, -0.2) is 5.88 Å². The molecule has 0 aliphatic heterocycles. The Morgan fingerprint density at radius 3 is 2.86 bits per heavy atom. The average molecular weight is 277 g/mol. The summed E-state index contributed by atoms with van der Waals surface area (Å²) in [5.41, 5.74) is 0.775. The van der Waals surface area contributed by atoms with E-state index in [0.29, 0.717) is 6.42 Å². The second-order valence-electron chi connectivity index (χ2n) is 2.92. The fraction of sp³-hybridized carbons (Fsp3) is 0.300. The van der Waals surface area contributed by atoms with Crippen molar-refractivity contribution in [1.82, 2.24) is 0 Å². The third-order valence-corrected chi connectivity index (χ3v) is 2.99. The lowest BCUT2D eigenvalue weighted by molar-refractivity contribution is 0.622. The molecule has 1 atom stereocenters. The highest BCUT2D eigenvalue weighted by molar-refractivity contribution is 9.10. The van der Waals surface area contributed by atoms with Crippen molar-refractivity contribution in [1.29, 1.82) is 5.26 Å². The number of halogens is 3. The van der Waals surface area contributed by atoms with Crippen molar-refractivity contribution < 1.29 is 4.39 Å². The number of hydrogen-bond donors (Lipinski definition) is 0. The lowest BCUT2D eigenvalue weighted by atomic mass is 10.0. The number of nitrogens with zero attached hydrogens (tertiary/aromatic N) is 1. The van der Waals surface area contributed by atoms with E-state index >= 15 is 0 Å². The normalized spacial score (nSPS) is 12.1. The fourth-order valence-electron chi connectivity index (χ4n) is 1.10. The van der Waals surface area contributed by atoms with E-state index in [2.05, 4.69) is 22.0 Å². The van der Waals surface area contributed by atoms with E-state index < -0.39 is 0 Å². The summed E-state index contributed by atoms with van der Waals surface area (Å²) in [6, 6.07) is 6.49. The third-order valence-electron chi connectivity index (χ3n) is 1.84. The molecule has 0 aliphatic rings. The van der Waals surface area contributed by atoms with Crippen molar-refractivity contribution in [2.24, 2.45) is 5.92 Å². The fourth-order valence-corrected chi connectivity index (χ4v) is 1.69. The molecule has 0 saturated carbocycles. The van der Waals surface area contributed by atoms with Crippen LogP contribution in [0.3, 0.4) is 0 Å². The molecule has 14 heavy (non-hydrogen) atoms. The van der Waals surface area contributed by atoms with Crippen LogP contribution in [0.15, 0.2) is 22.7 Å². The van der Waals surface area contributed by atoms with Crippen LogP contribution in [0.2, 0.25) is 0 Å². The van der Waals surface area contributed by atoms with Crippen LogP contribution in [0, 0.1) is 23.1 Å². The van der Waals surface area contributed by atoms with Gasteiger partial charge in [-0.05, 0) is 30.2 Å². The maximum absolute atomic E-state index is 12.9. The number of benzene rings is 1. The van der Waals surface area contributed by atoms with Gasteiger partial charge in [-0.1, -0.05) is 15.9 Å². The van der Waals surface area contributed by atoms with Crippen LogP contribution < -0.4 is 0 Å². The van der Waals surface area contributed by atoms with Gasteiger partial charge in [0.15, 0.2) is 0 Å². The van der Waals surface area contributed by atoms with Gasteiger partial charge in [0, 0.05) is 10.4 Å². The average Bonchev–Trinajstić information content (AvgIpc) is 2.19. The van der Waals surface area contributed by atoms with Crippen LogP contribution in [0.25, 0.3) is 0 Å². The first-order valence-electron chi connectivity index (χ1n) is 4.07. The molecule has 0 radical (unpaired) electrons. The zero-order chi connectivity index (χ0) is 10.6. The predicted octanol–water partition coefficient (Wildman–Crippen LogP) is 3.51. The first-order valence-corrected chi connectivity index (χ1v) is 5.39. The Hall–Kier alpha value is -0.590. The Kier molecular flexibility index (Phi) is 4.37. The van der Waals surface area contributed by atoms with Crippen LogP contribution in [0.4, 0.5) is 4.39 Å². The van der Waals surface area contributed by atoms with Gasteiger partial charge in [0.25, 0.3) is 0 Å². The molecule has 1 nitrogen and oxygen atoms in total. The van der Waals surface area contributed by atoms with Gasteiger partial charge in [0.2, 0.25) is 0 Å². The minimum Gasteiger partial charge on any atom is -0.207 e. The third kappa shape index (κ3) is 2.97. The molecule has 0 heterocycles. The molecule has 0 amide bonds. The second-order valence-corrected chi connectivity index (χ2v) is 4.08. The summed E-state index contributed by atoms with van der Waals surface area (Å²) < 4.78 is 13.7. The Morgan fingerprint density at radius 1 is 1.57 bits per heavy atom. The quantitative estimate of drug-likeness (QED) is 0.775. The molecule has 74 valence electrons. The molecule has 0 aliphatic carbocycles. The van der Waals surface area contributed by atoms with E-state index in [-0.39, 0.29) is 17.6 Å². The van der Waals surface area contributed by atoms with Gasteiger partial charge >= 0.3 is 0 Å². The van der Waals surface area contributed by atoms with Gasteiger partial charge in [-0.15, -0.1) is 11.6 Å². The number of alkyl halides is 1. The number of hydrogen-bond acceptors (Lipinski definition) is 1. The molecule has 1 unspecified atom stereocenters. The van der Waals surface area contributed by atoms with Crippen molar-refractivity contribution in [3.8, 4) is 6.07 Å². The van der Waals surface area contributed by atoms with Crippen molar-refractivity contribution in [2.45, 2.75) is 6.42 Å². The Morgan fingerprint density at radius 2 is 2.29 bits per heavy atom. The molecular weight excluding hydrogens is 268 g/mol. The summed E-state index contributed by atoms with van der Waals surface area (Å²) in [4.78, 5) is 0. The highest BCUT2D eigenvalue weighted by Crippen LogP contribution is 2.21. The maximum atomic E-state index is 12.9. The summed E-state index contributed by atoms with van der Waals surface area (Å²) in [6.07, 6.45) is 0.471. The summed E-state index contributed by atoms with van der Waals surface area (Å²) in [6.45, 7) is 0. The SMILES string of the molecule is N#CC(CCl)Cc1cc(F)ccc1Br. The highest BCUT2D eigenvalue weighted by atomic mass is 79.9. The molecule has 0 saturated heterocycles. The van der Waals surface area contributed by atoms with Gasteiger partial charge in [-0.3, -0.25) is 0 Å². The molecule has 1 aromatic carbocycles. The molecule has 1 rings (SSSR count). The molecule has 1 aromatic rings. The van der Waals surface area contributed by atoms with Crippen molar-refractivity contribution in [2.75, 3.05) is 5.88 Å². The topological polar surface area (TPSA) is 23.8 Å². The molecule has 0 spiro atoms. The van der Waals surface area contributed by atoms with Crippen molar-refractivity contribution in [3.63, 3.8) is 0 Å². The van der Waals surface area contributed by atoms with Crippen LogP contribution in [0.1, 0.15) is 5.56 Å². The molecule has 0 aromatic heterocycles. The summed E-state index contributed by atoms with van der Waals surface area (Å²) in [5.74, 6) is -0.302. The standard InChI is InChI=1S/C10H8BrClFN/c11-10-2-1-9(13)4-8(10)3-7(5-12)6-14/h1-2,4,7H,3,5H2. The van der Waals surface area contributed by atoms with Gasteiger partial charge < -0.3 is 0 Å². The summed E-state index contributed by atoms with van der Waals surface area (Å²) >= 11 is 8.88. The van der Waals surface area contributed by atoms with E-state index in [1.807, 2.05) is 0 Å². The zero-order valence-corrected chi connectivity index (χ0v) is 9.65. The predicted molar refractivity (Wildman–Crippen MR) is 57.6 cm³/mol. The van der Waals surface area contributed by atoms with Crippen molar-refractivity contribution >= 4 is 27.5 Å². The monoisotopic (exact) mass is 275 g/mol. The first-order chi connectivity index (χ1) is 6.67. The summed E-state index contributed by atoms with van der Waals surface area (Å²) in [5, 5.41) is 8.70. The molecule has 0 fully saturated rings. The highest BCUT2D eigenvalue weighted by Gasteiger charge is 2.10. The van der Waals surface area contributed by atoms with E-state index in [4.69, 9.17) is 16.9 Å². The summed E-state index contributed by atoms with van der Waals surface area (Å²) in [7, 11) is 0. The Bertz CT molecular complexity index is 362. The molecule has 4 heteroatoms. The van der Waals surface area contributed by atoms with Crippen LogP contribution >= 0.6 is 27.5 Å². The van der Waals surface area contributed by atoms with E-state index in [1.165, 1.54) is 12.1 Å². The Balaban J connectivity index is 2.86. The lowest BCUT2D eigenvalue weighted by Crippen LogP contribution is -2.04. The van der Waals surface area contributed by atoms with Crippen LogP contribution in [-0.2, 0) is 6.42 Å². The van der Waals surface area contributed by atoms with Gasteiger partial charge in [-0.2, -0.15) is 5.26 Å². The zero-order valence-electron chi connectivity index (χ0n) is 7.30.